The highest BCUT2D eigenvalue weighted by Gasteiger charge is 2.36. The summed E-state index contributed by atoms with van der Waals surface area (Å²) in [7, 11) is 0. The van der Waals surface area contributed by atoms with Gasteiger partial charge in [0.2, 0.25) is 5.95 Å². The van der Waals surface area contributed by atoms with E-state index in [1.165, 1.54) is 12.3 Å². The largest absolute Gasteiger partial charge is 0.419 e. The van der Waals surface area contributed by atoms with Crippen LogP contribution in [0, 0.1) is 5.82 Å². The molecule has 3 aromatic heterocycles. The number of H-pyrrole nitrogens is 1. The van der Waals surface area contributed by atoms with E-state index >= 15 is 4.39 Å². The summed E-state index contributed by atoms with van der Waals surface area (Å²) >= 11 is 0. The summed E-state index contributed by atoms with van der Waals surface area (Å²) in [4.78, 5) is 17.2. The lowest BCUT2D eigenvalue weighted by molar-refractivity contribution is -0.137. The van der Waals surface area contributed by atoms with E-state index in [0.29, 0.717) is 26.3 Å². The first-order chi connectivity index (χ1) is 16.3. The number of pyridine rings is 1. The molecule has 2 saturated heterocycles. The second kappa shape index (κ2) is 8.99. The Balaban J connectivity index is 1.56. The van der Waals surface area contributed by atoms with Gasteiger partial charge in [0.1, 0.15) is 11.2 Å². The summed E-state index contributed by atoms with van der Waals surface area (Å²) in [5, 5.41) is 6.56. The van der Waals surface area contributed by atoms with Crippen molar-refractivity contribution in [1.82, 2.24) is 25.3 Å². The number of nitrogens with zero attached hydrogens (tertiary/aromatic N) is 4. The van der Waals surface area contributed by atoms with Gasteiger partial charge < -0.3 is 25.3 Å². The van der Waals surface area contributed by atoms with Crippen LogP contribution in [0.5, 0.6) is 0 Å². The molecule has 0 spiro atoms. The first-order valence-corrected chi connectivity index (χ1v) is 11.2. The van der Waals surface area contributed by atoms with Crippen LogP contribution in [0.1, 0.15) is 25.3 Å². The third-order valence-electron chi connectivity index (χ3n) is 6.22. The molecule has 0 amide bonds. The number of fused-ring (bicyclic) bond motifs is 1. The quantitative estimate of drug-likeness (QED) is 0.493. The van der Waals surface area contributed by atoms with E-state index in [2.05, 4.69) is 30.6 Å². The molecule has 5 heterocycles. The van der Waals surface area contributed by atoms with Crippen molar-refractivity contribution in [2.24, 2.45) is 0 Å². The van der Waals surface area contributed by atoms with E-state index in [-0.39, 0.29) is 46.1 Å². The van der Waals surface area contributed by atoms with Crippen LogP contribution in [-0.4, -0.2) is 64.9 Å². The molecule has 0 saturated carbocycles. The molecule has 8 nitrogen and oxygen atoms in total. The Morgan fingerprint density at radius 3 is 2.85 bits per heavy atom. The molecule has 2 fully saturated rings. The molecule has 2 atom stereocenters. The van der Waals surface area contributed by atoms with E-state index in [1.54, 1.807) is 4.90 Å². The number of anilines is 2. The van der Waals surface area contributed by atoms with Crippen molar-refractivity contribution in [2.45, 2.75) is 38.0 Å². The van der Waals surface area contributed by atoms with Gasteiger partial charge in [0.15, 0.2) is 11.6 Å². The van der Waals surface area contributed by atoms with Gasteiger partial charge in [-0.25, -0.2) is 19.3 Å². The number of aromatic amines is 1. The Kier molecular flexibility index (Phi) is 6.02. The van der Waals surface area contributed by atoms with Gasteiger partial charge in [-0.3, -0.25) is 0 Å². The number of morpholine rings is 1. The molecular weight excluding hydrogens is 454 g/mol. The number of ether oxygens (including phenoxy) is 1. The van der Waals surface area contributed by atoms with Crippen molar-refractivity contribution in [2.75, 3.05) is 43.1 Å². The predicted molar refractivity (Wildman–Crippen MR) is 119 cm³/mol. The van der Waals surface area contributed by atoms with Gasteiger partial charge in [0, 0.05) is 42.5 Å². The van der Waals surface area contributed by atoms with Gasteiger partial charge >= 0.3 is 6.18 Å². The number of piperidine rings is 1. The lowest BCUT2D eigenvalue weighted by Crippen LogP contribution is -2.44. The molecular formula is C22H25F4N7O. The minimum absolute atomic E-state index is 0.0125. The maximum atomic E-state index is 15.1. The highest BCUT2D eigenvalue weighted by atomic mass is 19.4. The average Bonchev–Trinajstić information content (AvgIpc) is 3.21. The third kappa shape index (κ3) is 4.39. The van der Waals surface area contributed by atoms with Gasteiger partial charge in [0.05, 0.1) is 24.9 Å². The standard InChI is InChI=1S/C22H25F4N7O/c1-12-11-34-6-5-33(12)20-17(23)7-14-15(9-28-19(14)32-20)18-16(22(24,25)26)10-29-21(31-18)30-13-3-2-4-27-8-13/h7,9-10,12-13,27H,2-6,8,11H2,1H3,(H,28,32)(H,29,30,31)/t12-,13-/m0/s1. The highest BCUT2D eigenvalue weighted by molar-refractivity contribution is 5.94. The van der Waals surface area contributed by atoms with Gasteiger partial charge in [-0.1, -0.05) is 0 Å². The molecule has 0 aromatic carbocycles. The van der Waals surface area contributed by atoms with E-state index in [4.69, 9.17) is 4.74 Å². The second-order valence-electron chi connectivity index (χ2n) is 8.65. The van der Waals surface area contributed by atoms with Crippen molar-refractivity contribution >= 4 is 22.8 Å². The number of aromatic nitrogens is 4. The van der Waals surface area contributed by atoms with Gasteiger partial charge in [-0.15, -0.1) is 0 Å². The number of alkyl halides is 3. The second-order valence-corrected chi connectivity index (χ2v) is 8.65. The molecule has 34 heavy (non-hydrogen) atoms. The summed E-state index contributed by atoms with van der Waals surface area (Å²) in [6.07, 6.45) is -0.722. The number of halogens is 4. The zero-order chi connectivity index (χ0) is 23.9. The maximum Gasteiger partial charge on any atom is 0.419 e. The van der Waals surface area contributed by atoms with Crippen LogP contribution in [0.25, 0.3) is 22.3 Å². The number of hydrogen-bond donors (Lipinski definition) is 3. The monoisotopic (exact) mass is 479 g/mol. The Labute approximate surface area is 193 Å². The van der Waals surface area contributed by atoms with Crippen molar-refractivity contribution < 1.29 is 22.3 Å². The molecule has 3 aromatic rings. The molecule has 0 radical (unpaired) electrons. The average molecular weight is 479 g/mol. The SMILES string of the molecule is C[C@H]1COCCN1c1nc2[nH]cc(-c3nc(N[C@H]4CCCNC4)ncc3C(F)(F)F)c2cc1F. The van der Waals surface area contributed by atoms with Crippen molar-refractivity contribution in [3.05, 3.63) is 29.8 Å². The molecule has 2 aliphatic heterocycles. The fourth-order valence-electron chi connectivity index (χ4n) is 4.47. The normalized spacial score (nSPS) is 21.7. The molecule has 0 aliphatic carbocycles. The van der Waals surface area contributed by atoms with Crippen LogP contribution in [0.3, 0.4) is 0 Å². The predicted octanol–water partition coefficient (Wildman–Crippen LogP) is 3.57. The van der Waals surface area contributed by atoms with E-state index in [9.17, 15) is 13.2 Å². The first kappa shape index (κ1) is 22.8. The molecule has 5 rings (SSSR count). The highest BCUT2D eigenvalue weighted by Crippen LogP contribution is 2.39. The smallest absolute Gasteiger partial charge is 0.377 e. The summed E-state index contributed by atoms with van der Waals surface area (Å²) in [5.74, 6) is -0.378. The minimum atomic E-state index is -4.68. The van der Waals surface area contributed by atoms with Crippen LogP contribution in [0.15, 0.2) is 18.5 Å². The molecule has 3 N–H and O–H groups in total. The molecule has 0 bridgehead atoms. The van der Waals surface area contributed by atoms with Crippen LogP contribution >= 0.6 is 0 Å². The maximum absolute atomic E-state index is 15.1. The molecule has 12 heteroatoms. The molecule has 182 valence electrons. The van der Waals surface area contributed by atoms with Crippen LogP contribution in [-0.2, 0) is 10.9 Å². The summed E-state index contributed by atoms with van der Waals surface area (Å²) < 4.78 is 62.0. The Morgan fingerprint density at radius 1 is 1.26 bits per heavy atom. The first-order valence-electron chi connectivity index (χ1n) is 11.2. The number of rotatable bonds is 4. The van der Waals surface area contributed by atoms with E-state index in [0.717, 1.165) is 25.6 Å². The Morgan fingerprint density at radius 2 is 2.12 bits per heavy atom. The zero-order valence-corrected chi connectivity index (χ0v) is 18.5. The Hall–Kier alpha value is -2.99. The zero-order valence-electron chi connectivity index (χ0n) is 18.5. The van der Waals surface area contributed by atoms with Crippen LogP contribution in [0.2, 0.25) is 0 Å². The van der Waals surface area contributed by atoms with Crippen molar-refractivity contribution in [1.29, 1.82) is 0 Å². The summed E-state index contributed by atoms with van der Waals surface area (Å²) in [6.45, 7) is 4.83. The van der Waals surface area contributed by atoms with Crippen LogP contribution in [0.4, 0.5) is 29.3 Å². The lowest BCUT2D eigenvalue weighted by atomic mass is 10.1. The topological polar surface area (TPSA) is 91.0 Å². The lowest BCUT2D eigenvalue weighted by Gasteiger charge is -2.34. The number of nitrogens with one attached hydrogen (secondary N) is 3. The van der Waals surface area contributed by atoms with Crippen molar-refractivity contribution in [3.63, 3.8) is 0 Å². The van der Waals surface area contributed by atoms with E-state index in [1.807, 2.05) is 6.92 Å². The fraction of sp³-hybridized carbons (Fsp3) is 0.500. The third-order valence-corrected chi connectivity index (χ3v) is 6.22. The van der Waals surface area contributed by atoms with Gasteiger partial charge in [-0.2, -0.15) is 13.2 Å². The Bertz CT molecular complexity index is 1180. The molecule has 0 unspecified atom stereocenters. The van der Waals surface area contributed by atoms with E-state index < -0.39 is 17.6 Å². The molecule has 2 aliphatic rings. The van der Waals surface area contributed by atoms with Gasteiger partial charge in [0.25, 0.3) is 0 Å². The number of hydrogen-bond acceptors (Lipinski definition) is 7. The fourth-order valence-corrected chi connectivity index (χ4v) is 4.47. The summed E-state index contributed by atoms with van der Waals surface area (Å²) in [5.41, 5.74) is -0.925. The van der Waals surface area contributed by atoms with Crippen molar-refractivity contribution in [3.8, 4) is 11.3 Å². The van der Waals surface area contributed by atoms with Gasteiger partial charge in [-0.05, 0) is 32.4 Å². The minimum Gasteiger partial charge on any atom is -0.377 e. The van der Waals surface area contributed by atoms with Crippen LogP contribution < -0.4 is 15.5 Å². The summed E-state index contributed by atoms with van der Waals surface area (Å²) in [6, 6.07) is 1.15.